The molecule has 7 nitrogen and oxygen atoms in total. The molecule has 4 rings (SSSR count). The molecule has 4 unspecified atom stereocenters. The molecule has 2 heterocycles. The number of piperidine rings is 1. The topological polar surface area (TPSA) is 85.5 Å². The maximum atomic E-state index is 14.1. The first-order valence-corrected chi connectivity index (χ1v) is 15.1. The fourth-order valence-electron chi connectivity index (χ4n) is 6.63. The summed E-state index contributed by atoms with van der Waals surface area (Å²) in [5.74, 6) is 0.772. The number of halogens is 1. The van der Waals surface area contributed by atoms with E-state index in [2.05, 4.69) is 40.8 Å². The molecule has 0 bridgehead atoms. The van der Waals surface area contributed by atoms with E-state index in [0.717, 1.165) is 64.5 Å². The average molecular weight is 528 g/mol. The predicted octanol–water partition coefficient (Wildman–Crippen LogP) is 3.93. The van der Waals surface area contributed by atoms with E-state index in [0.29, 0.717) is 5.92 Å². The van der Waals surface area contributed by atoms with Crippen LogP contribution in [0.3, 0.4) is 0 Å². The third-order valence-electron chi connectivity index (χ3n) is 8.79. The van der Waals surface area contributed by atoms with Crippen LogP contribution in [-0.4, -0.2) is 59.5 Å². The fourth-order valence-corrected chi connectivity index (χ4v) is 7.69. The number of nitrogens with one attached hydrogen (secondary N) is 4. The molecular formula is C26H46ClN5O2S. The highest BCUT2D eigenvalue weighted by Gasteiger charge is 2.46. The van der Waals surface area contributed by atoms with Gasteiger partial charge in [0.1, 0.15) is 17.6 Å². The molecule has 4 aliphatic rings. The van der Waals surface area contributed by atoms with Crippen LogP contribution in [0.1, 0.15) is 91.4 Å². The summed E-state index contributed by atoms with van der Waals surface area (Å²) < 4.78 is 6.23. The summed E-state index contributed by atoms with van der Waals surface area (Å²) in [6.07, 6.45) is 11.7. The fraction of sp³-hybridized carbons (Fsp3) is 0.923. The molecule has 4 N–H and O–H groups in total. The van der Waals surface area contributed by atoms with Crippen molar-refractivity contribution in [2.75, 3.05) is 13.1 Å². The smallest absolute Gasteiger partial charge is 0.244 e. The molecule has 0 aromatic heterocycles. The Morgan fingerprint density at radius 1 is 0.971 bits per heavy atom. The van der Waals surface area contributed by atoms with Gasteiger partial charge in [-0.1, -0.05) is 40.0 Å². The quantitative estimate of drug-likeness (QED) is 0.238. The summed E-state index contributed by atoms with van der Waals surface area (Å²) in [7, 11) is 0. The van der Waals surface area contributed by atoms with Crippen LogP contribution in [0, 0.1) is 17.3 Å². The van der Waals surface area contributed by atoms with E-state index in [1.54, 1.807) is 0 Å². The Bertz CT molecular complexity index is 715. The minimum absolute atomic E-state index is 0.0314. The van der Waals surface area contributed by atoms with Crippen LogP contribution in [0.15, 0.2) is 0 Å². The number of hydrogen-bond donors (Lipinski definition) is 4. The third kappa shape index (κ3) is 6.86. The van der Waals surface area contributed by atoms with Crippen LogP contribution in [0.2, 0.25) is 0 Å². The Balaban J connectivity index is 1.60. The molecule has 9 heteroatoms. The van der Waals surface area contributed by atoms with Gasteiger partial charge in [0, 0.05) is 36.7 Å². The van der Waals surface area contributed by atoms with Crippen LogP contribution >= 0.6 is 23.7 Å². The van der Waals surface area contributed by atoms with Gasteiger partial charge in [-0.3, -0.25) is 9.59 Å². The molecule has 35 heavy (non-hydrogen) atoms. The molecule has 0 aromatic rings. The Hall–Kier alpha value is -0.540. The lowest BCUT2D eigenvalue weighted by molar-refractivity contribution is -0.149. The van der Waals surface area contributed by atoms with E-state index >= 15 is 0 Å². The zero-order chi connectivity index (χ0) is 25.0. The average Bonchev–Trinajstić information content (AvgIpc) is 3.28. The van der Waals surface area contributed by atoms with Gasteiger partial charge in [0.2, 0.25) is 11.8 Å². The Morgan fingerprint density at radius 3 is 2.26 bits per heavy atom. The van der Waals surface area contributed by atoms with Gasteiger partial charge in [-0.2, -0.15) is 0 Å². The Morgan fingerprint density at radius 2 is 1.69 bits per heavy atom. The van der Waals surface area contributed by atoms with Crippen molar-refractivity contribution in [3.05, 3.63) is 0 Å². The second kappa shape index (κ2) is 12.3. The second-order valence-corrected chi connectivity index (χ2v) is 13.4. The van der Waals surface area contributed by atoms with Crippen LogP contribution in [0.25, 0.3) is 0 Å². The number of nitrogens with zero attached hydrogens (tertiary/aromatic N) is 1. The first-order valence-electron chi connectivity index (χ1n) is 13.9. The number of rotatable bonds is 6. The molecule has 2 amide bonds. The van der Waals surface area contributed by atoms with E-state index in [1.807, 2.05) is 4.90 Å². The molecular weight excluding hydrogens is 482 g/mol. The monoisotopic (exact) mass is 527 g/mol. The van der Waals surface area contributed by atoms with Crippen molar-refractivity contribution in [1.82, 2.24) is 25.0 Å². The SMILES string of the molecule is CC(C)(C)C1CCC(N(C(=O)C2NSNC2Cl)C(C(=O)NC2CCCCC2)C2CCCNC2)CC1. The Labute approximate surface area is 221 Å². The highest BCUT2D eigenvalue weighted by atomic mass is 35.5. The van der Waals surface area contributed by atoms with E-state index < -0.39 is 17.6 Å². The minimum Gasteiger partial charge on any atom is -0.352 e. The first kappa shape index (κ1) is 27.5. The predicted molar refractivity (Wildman–Crippen MR) is 144 cm³/mol. The lowest BCUT2D eigenvalue weighted by Crippen LogP contribution is -2.63. The third-order valence-corrected chi connectivity index (χ3v) is 10.0. The van der Waals surface area contributed by atoms with E-state index in [4.69, 9.17) is 11.6 Å². The van der Waals surface area contributed by atoms with Crippen molar-refractivity contribution < 1.29 is 9.59 Å². The largest absolute Gasteiger partial charge is 0.352 e. The van der Waals surface area contributed by atoms with Gasteiger partial charge in [0.15, 0.2) is 0 Å². The van der Waals surface area contributed by atoms with Gasteiger partial charge >= 0.3 is 0 Å². The standard InChI is InChI=1S/C26H46ClN5O2S/c1-26(2,3)18-11-13-20(14-12-18)32(25(34)21-23(27)31-35-30-21)22(17-8-7-15-28-16-17)24(33)29-19-9-5-4-6-10-19/h17-23,28,30-31H,4-16H2,1-3H3,(H,29,33). The summed E-state index contributed by atoms with van der Waals surface area (Å²) in [4.78, 5) is 30.1. The normalized spacial score (nSPS) is 33.8. The van der Waals surface area contributed by atoms with Gasteiger partial charge in [-0.15, -0.1) is 11.6 Å². The van der Waals surface area contributed by atoms with Crippen molar-refractivity contribution >= 4 is 35.5 Å². The number of hydrogen-bond acceptors (Lipinski definition) is 6. The van der Waals surface area contributed by atoms with Crippen LogP contribution < -0.4 is 20.1 Å². The summed E-state index contributed by atoms with van der Waals surface area (Å²) >= 11 is 7.79. The van der Waals surface area contributed by atoms with Crippen molar-refractivity contribution in [2.24, 2.45) is 17.3 Å². The molecule has 2 saturated carbocycles. The highest BCUT2D eigenvalue weighted by molar-refractivity contribution is 7.95. The van der Waals surface area contributed by atoms with E-state index in [1.165, 1.54) is 31.4 Å². The molecule has 0 spiro atoms. The van der Waals surface area contributed by atoms with Crippen LogP contribution in [0.5, 0.6) is 0 Å². The molecule has 2 aliphatic heterocycles. The molecule has 4 atom stereocenters. The summed E-state index contributed by atoms with van der Waals surface area (Å²) in [6, 6.07) is -0.693. The molecule has 0 radical (unpaired) electrons. The van der Waals surface area contributed by atoms with Crippen LogP contribution in [0.4, 0.5) is 0 Å². The maximum absolute atomic E-state index is 14.1. The molecule has 2 aliphatic carbocycles. The van der Waals surface area contributed by atoms with Crippen molar-refractivity contribution in [3.63, 3.8) is 0 Å². The van der Waals surface area contributed by atoms with E-state index in [9.17, 15) is 9.59 Å². The molecule has 4 fully saturated rings. The first-order chi connectivity index (χ1) is 16.8. The van der Waals surface area contributed by atoms with Gasteiger partial charge in [0.25, 0.3) is 0 Å². The Kier molecular flexibility index (Phi) is 9.69. The van der Waals surface area contributed by atoms with Gasteiger partial charge in [-0.05, 0) is 69.2 Å². The summed E-state index contributed by atoms with van der Waals surface area (Å²) in [6.45, 7) is 8.71. The van der Waals surface area contributed by atoms with Crippen molar-refractivity contribution in [1.29, 1.82) is 0 Å². The van der Waals surface area contributed by atoms with E-state index in [-0.39, 0.29) is 35.2 Å². The number of amides is 2. The maximum Gasteiger partial charge on any atom is 0.244 e. The van der Waals surface area contributed by atoms with Crippen molar-refractivity contribution in [3.8, 4) is 0 Å². The van der Waals surface area contributed by atoms with Gasteiger partial charge in [-0.25, -0.2) is 9.44 Å². The van der Waals surface area contributed by atoms with Gasteiger partial charge in [0.05, 0.1) is 0 Å². The zero-order valence-corrected chi connectivity index (χ0v) is 23.4. The lowest BCUT2D eigenvalue weighted by atomic mass is 9.70. The molecule has 0 aromatic carbocycles. The molecule has 2 saturated heterocycles. The number of carbonyl (C=O) groups is 2. The van der Waals surface area contributed by atoms with Crippen LogP contribution in [-0.2, 0) is 9.59 Å². The number of carbonyl (C=O) groups excluding carboxylic acids is 2. The second-order valence-electron chi connectivity index (χ2n) is 12.2. The number of alkyl halides is 1. The summed E-state index contributed by atoms with van der Waals surface area (Å²) in [5, 5.41) is 6.89. The minimum atomic E-state index is -0.538. The molecule has 200 valence electrons. The summed E-state index contributed by atoms with van der Waals surface area (Å²) in [5.41, 5.74) is -0.230. The lowest BCUT2D eigenvalue weighted by Gasteiger charge is -2.47. The van der Waals surface area contributed by atoms with Gasteiger partial charge < -0.3 is 15.5 Å². The highest BCUT2D eigenvalue weighted by Crippen LogP contribution is 2.40. The zero-order valence-electron chi connectivity index (χ0n) is 21.8. The van der Waals surface area contributed by atoms with Crippen molar-refractivity contribution in [2.45, 2.75) is 121 Å².